The van der Waals surface area contributed by atoms with Crippen LogP contribution in [0.2, 0.25) is 0 Å². The monoisotopic (exact) mass is 368 g/mol. The number of carbonyl (C=O) groups is 1. The molecule has 0 spiro atoms. The minimum absolute atomic E-state index is 0.0579. The van der Waals surface area contributed by atoms with Crippen molar-refractivity contribution in [3.63, 3.8) is 0 Å². The second kappa shape index (κ2) is 6.05. The number of fused-ring (bicyclic) bond motifs is 5. The molecule has 2 unspecified atom stereocenters. The van der Waals surface area contributed by atoms with E-state index >= 15 is 0 Å². The number of nitrogens with one attached hydrogen (secondary N) is 1. The van der Waals surface area contributed by atoms with Crippen LogP contribution < -0.4 is 5.32 Å². The van der Waals surface area contributed by atoms with E-state index in [1.807, 2.05) is 31.2 Å². The van der Waals surface area contributed by atoms with Crippen molar-refractivity contribution < 1.29 is 4.79 Å². The van der Waals surface area contributed by atoms with Gasteiger partial charge in [-0.3, -0.25) is 4.79 Å². The molecule has 2 aliphatic carbocycles. The first-order valence-electron chi connectivity index (χ1n) is 9.06. The fourth-order valence-corrected chi connectivity index (χ4v) is 4.97. The fraction of sp³-hybridized carbons (Fsp3) is 0.500. The van der Waals surface area contributed by atoms with E-state index in [0.29, 0.717) is 11.1 Å². The SMILES string of the molecule is Cc1ccc(NC(=O)CSc2nnc3c(n2)C2(C)CCC3C2(C)C)cc1. The van der Waals surface area contributed by atoms with Crippen molar-refractivity contribution in [3.8, 4) is 0 Å². The fourth-order valence-electron chi connectivity index (χ4n) is 4.39. The molecule has 1 aromatic heterocycles. The minimum atomic E-state index is -0.0592. The third-order valence-corrected chi connectivity index (χ3v) is 7.28. The van der Waals surface area contributed by atoms with E-state index in [-0.39, 0.29) is 22.5 Å². The highest BCUT2D eigenvalue weighted by atomic mass is 32.2. The normalized spacial score (nSPS) is 25.2. The first kappa shape index (κ1) is 17.5. The molecule has 2 atom stereocenters. The van der Waals surface area contributed by atoms with Crippen molar-refractivity contribution in [2.45, 2.75) is 57.0 Å². The van der Waals surface area contributed by atoms with Gasteiger partial charge in [0.25, 0.3) is 0 Å². The lowest BCUT2D eigenvalue weighted by molar-refractivity contribution is -0.113. The second-order valence-corrected chi connectivity index (χ2v) is 9.12. The lowest BCUT2D eigenvalue weighted by Gasteiger charge is -2.33. The summed E-state index contributed by atoms with van der Waals surface area (Å²) in [6.45, 7) is 8.95. The van der Waals surface area contributed by atoms with Crippen molar-refractivity contribution in [2.24, 2.45) is 5.41 Å². The van der Waals surface area contributed by atoms with Gasteiger partial charge < -0.3 is 5.32 Å². The Morgan fingerprint density at radius 3 is 2.69 bits per heavy atom. The van der Waals surface area contributed by atoms with Crippen LogP contribution in [0.25, 0.3) is 0 Å². The molecular weight excluding hydrogens is 344 g/mol. The van der Waals surface area contributed by atoms with E-state index in [2.05, 4.69) is 36.3 Å². The van der Waals surface area contributed by atoms with Gasteiger partial charge in [0.15, 0.2) is 0 Å². The third kappa shape index (κ3) is 2.62. The average molecular weight is 369 g/mol. The highest BCUT2D eigenvalue weighted by molar-refractivity contribution is 7.99. The van der Waals surface area contributed by atoms with Gasteiger partial charge >= 0.3 is 0 Å². The van der Waals surface area contributed by atoms with Gasteiger partial charge in [0.1, 0.15) is 0 Å². The summed E-state index contributed by atoms with van der Waals surface area (Å²) >= 11 is 1.35. The molecular formula is C20H24N4OS. The van der Waals surface area contributed by atoms with Crippen LogP contribution in [-0.2, 0) is 10.2 Å². The molecule has 1 saturated carbocycles. The van der Waals surface area contributed by atoms with Crippen LogP contribution in [0.5, 0.6) is 0 Å². The smallest absolute Gasteiger partial charge is 0.234 e. The highest BCUT2D eigenvalue weighted by Crippen LogP contribution is 2.66. The number of carbonyl (C=O) groups excluding carboxylic acids is 1. The van der Waals surface area contributed by atoms with Gasteiger partial charge in [0.2, 0.25) is 11.1 Å². The Balaban J connectivity index is 1.45. The predicted octanol–water partition coefficient (Wildman–Crippen LogP) is 4.09. The summed E-state index contributed by atoms with van der Waals surface area (Å²) in [4.78, 5) is 17.0. The largest absolute Gasteiger partial charge is 0.325 e. The minimum Gasteiger partial charge on any atom is -0.325 e. The van der Waals surface area contributed by atoms with Gasteiger partial charge in [-0.05, 0) is 37.3 Å². The Hall–Kier alpha value is -1.95. The van der Waals surface area contributed by atoms with Crippen molar-refractivity contribution in [3.05, 3.63) is 41.2 Å². The molecule has 1 aromatic carbocycles. The molecule has 1 heterocycles. The van der Waals surface area contributed by atoms with Crippen molar-refractivity contribution in [1.82, 2.24) is 15.2 Å². The summed E-state index contributed by atoms with van der Waals surface area (Å²) in [5.74, 6) is 0.667. The molecule has 136 valence electrons. The van der Waals surface area contributed by atoms with Crippen molar-refractivity contribution in [2.75, 3.05) is 11.1 Å². The molecule has 26 heavy (non-hydrogen) atoms. The number of amides is 1. The molecule has 4 rings (SSSR count). The average Bonchev–Trinajstić information content (AvgIpc) is 2.94. The molecule has 5 nitrogen and oxygen atoms in total. The Morgan fingerprint density at radius 2 is 1.96 bits per heavy atom. The van der Waals surface area contributed by atoms with Crippen LogP contribution in [0.15, 0.2) is 29.4 Å². The van der Waals surface area contributed by atoms with E-state index in [9.17, 15) is 4.79 Å². The molecule has 1 N–H and O–H groups in total. The summed E-state index contributed by atoms with van der Waals surface area (Å²) in [7, 11) is 0. The zero-order valence-electron chi connectivity index (χ0n) is 15.7. The van der Waals surface area contributed by atoms with Gasteiger partial charge in [0.05, 0.1) is 17.1 Å². The topological polar surface area (TPSA) is 67.8 Å². The van der Waals surface area contributed by atoms with Gasteiger partial charge in [-0.1, -0.05) is 50.2 Å². The number of nitrogens with zero attached hydrogens (tertiary/aromatic N) is 3. The number of hydrogen-bond acceptors (Lipinski definition) is 5. The molecule has 2 bridgehead atoms. The van der Waals surface area contributed by atoms with Crippen LogP contribution >= 0.6 is 11.8 Å². The number of benzene rings is 1. The molecule has 1 amide bonds. The van der Waals surface area contributed by atoms with E-state index < -0.39 is 0 Å². The lowest BCUT2D eigenvalue weighted by atomic mass is 9.70. The van der Waals surface area contributed by atoms with Crippen LogP contribution in [-0.4, -0.2) is 26.8 Å². The van der Waals surface area contributed by atoms with Gasteiger partial charge in [-0.2, -0.15) is 5.10 Å². The number of rotatable bonds is 4. The molecule has 0 radical (unpaired) electrons. The van der Waals surface area contributed by atoms with Gasteiger partial charge in [0, 0.05) is 17.0 Å². The van der Waals surface area contributed by atoms with Gasteiger partial charge in [-0.25, -0.2) is 4.98 Å². The molecule has 2 aromatic rings. The summed E-state index contributed by atoms with van der Waals surface area (Å²) in [6, 6.07) is 7.78. The number of aryl methyl sites for hydroxylation is 1. The number of aromatic nitrogens is 3. The molecule has 0 saturated heterocycles. The van der Waals surface area contributed by atoms with E-state index in [1.54, 1.807) is 0 Å². The molecule has 6 heteroatoms. The number of anilines is 1. The standard InChI is InChI=1S/C20H24N4OS/c1-12-5-7-13(8-6-12)21-15(25)11-26-18-22-17-16(23-24-18)14-9-10-20(17,4)19(14,2)3/h5-8,14H,9-11H2,1-4H3,(H,21,25). The maximum absolute atomic E-state index is 12.2. The Bertz CT molecular complexity index is 865. The van der Waals surface area contributed by atoms with E-state index in [4.69, 9.17) is 4.98 Å². The van der Waals surface area contributed by atoms with Crippen LogP contribution in [0.1, 0.15) is 56.5 Å². The summed E-state index contributed by atoms with van der Waals surface area (Å²) in [5.41, 5.74) is 4.36. The van der Waals surface area contributed by atoms with Crippen molar-refractivity contribution in [1.29, 1.82) is 0 Å². The highest BCUT2D eigenvalue weighted by Gasteiger charge is 2.61. The van der Waals surface area contributed by atoms with Crippen LogP contribution in [0.3, 0.4) is 0 Å². The van der Waals surface area contributed by atoms with Crippen LogP contribution in [0, 0.1) is 12.3 Å². The van der Waals surface area contributed by atoms with E-state index in [0.717, 1.165) is 29.9 Å². The maximum Gasteiger partial charge on any atom is 0.234 e. The Kier molecular flexibility index (Phi) is 4.06. The number of thioether (sulfide) groups is 1. The quantitative estimate of drug-likeness (QED) is 0.824. The zero-order valence-corrected chi connectivity index (χ0v) is 16.5. The first-order chi connectivity index (χ1) is 12.3. The lowest BCUT2D eigenvalue weighted by Crippen LogP contribution is -2.32. The van der Waals surface area contributed by atoms with Gasteiger partial charge in [-0.15, -0.1) is 5.10 Å². The molecule has 1 fully saturated rings. The number of hydrogen-bond donors (Lipinski definition) is 1. The van der Waals surface area contributed by atoms with Crippen LogP contribution in [0.4, 0.5) is 5.69 Å². The summed E-state index contributed by atoms with van der Waals surface area (Å²) in [6.07, 6.45) is 2.31. The molecule has 2 aliphatic rings. The second-order valence-electron chi connectivity index (χ2n) is 8.18. The molecule has 0 aliphatic heterocycles. The van der Waals surface area contributed by atoms with E-state index in [1.165, 1.54) is 17.3 Å². The summed E-state index contributed by atoms with van der Waals surface area (Å²) < 4.78 is 0. The Morgan fingerprint density at radius 1 is 1.23 bits per heavy atom. The maximum atomic E-state index is 12.2. The predicted molar refractivity (Wildman–Crippen MR) is 103 cm³/mol. The van der Waals surface area contributed by atoms with Crippen molar-refractivity contribution >= 4 is 23.4 Å². The zero-order chi connectivity index (χ0) is 18.5. The Labute approximate surface area is 158 Å². The third-order valence-electron chi connectivity index (χ3n) is 6.44. The first-order valence-corrected chi connectivity index (χ1v) is 10.0. The summed E-state index contributed by atoms with van der Waals surface area (Å²) in [5, 5.41) is 12.3.